The first-order valence-electron chi connectivity index (χ1n) is 5.84. The summed E-state index contributed by atoms with van der Waals surface area (Å²) in [5.74, 6) is 0.583. The van der Waals surface area contributed by atoms with E-state index in [0.29, 0.717) is 22.3 Å². The molecular formula is C13H13F3N2O. The van der Waals surface area contributed by atoms with Gasteiger partial charge in [0.2, 0.25) is 0 Å². The van der Waals surface area contributed by atoms with E-state index in [2.05, 4.69) is 9.97 Å². The first-order chi connectivity index (χ1) is 9.01. The number of hydrogen-bond donors (Lipinski definition) is 0. The third kappa shape index (κ3) is 3.33. The van der Waals surface area contributed by atoms with Crippen LogP contribution in [0.4, 0.5) is 13.2 Å². The van der Waals surface area contributed by atoms with Crippen LogP contribution in [0.3, 0.4) is 0 Å². The Bertz CT molecular complexity index is 564. The summed E-state index contributed by atoms with van der Waals surface area (Å²) >= 11 is 0. The minimum absolute atomic E-state index is 0.00760. The number of rotatable bonds is 4. The summed E-state index contributed by atoms with van der Waals surface area (Å²) in [5, 5.41) is 0.690. The van der Waals surface area contributed by atoms with Gasteiger partial charge in [-0.1, -0.05) is 6.07 Å². The highest BCUT2D eigenvalue weighted by Gasteiger charge is 2.26. The topological polar surface area (TPSA) is 35.0 Å². The summed E-state index contributed by atoms with van der Waals surface area (Å²) in [7, 11) is 1.52. The Labute approximate surface area is 108 Å². The number of fused-ring (bicyclic) bond motifs is 1. The number of ether oxygens (including phenoxy) is 1. The zero-order chi connectivity index (χ0) is 13.9. The lowest BCUT2D eigenvalue weighted by molar-refractivity contribution is -0.135. The lowest BCUT2D eigenvalue weighted by Crippen LogP contribution is -2.07. The number of halogens is 3. The molecular weight excluding hydrogens is 257 g/mol. The molecule has 0 atom stereocenters. The molecule has 1 aromatic heterocycles. The highest BCUT2D eigenvalue weighted by atomic mass is 19.4. The quantitative estimate of drug-likeness (QED) is 0.852. The lowest BCUT2D eigenvalue weighted by Gasteiger charge is -2.10. The Morgan fingerprint density at radius 1 is 1.21 bits per heavy atom. The van der Waals surface area contributed by atoms with Gasteiger partial charge < -0.3 is 4.74 Å². The molecule has 0 aliphatic rings. The highest BCUT2D eigenvalue weighted by molar-refractivity contribution is 5.87. The van der Waals surface area contributed by atoms with Crippen LogP contribution in [0.25, 0.3) is 10.9 Å². The van der Waals surface area contributed by atoms with Crippen LogP contribution < -0.4 is 4.74 Å². The molecule has 0 bridgehead atoms. The molecule has 19 heavy (non-hydrogen) atoms. The van der Waals surface area contributed by atoms with Crippen molar-refractivity contribution in [2.45, 2.75) is 25.4 Å². The molecule has 3 nitrogen and oxygen atoms in total. The van der Waals surface area contributed by atoms with Gasteiger partial charge in [0.05, 0.1) is 23.7 Å². The molecule has 0 fully saturated rings. The van der Waals surface area contributed by atoms with E-state index in [1.807, 2.05) is 0 Å². The Balaban J connectivity index is 2.27. The number of aryl methyl sites for hydroxylation is 1. The Kier molecular flexibility index (Phi) is 3.87. The fourth-order valence-corrected chi connectivity index (χ4v) is 1.96. The Morgan fingerprint density at radius 2 is 2.00 bits per heavy atom. The molecule has 1 aromatic carbocycles. The number of alkyl halides is 3. The van der Waals surface area contributed by atoms with Gasteiger partial charge in [0.15, 0.2) is 0 Å². The van der Waals surface area contributed by atoms with Gasteiger partial charge in [-0.2, -0.15) is 13.2 Å². The van der Waals surface area contributed by atoms with Crippen LogP contribution in [0.1, 0.15) is 18.5 Å². The molecule has 1 heterocycles. The molecule has 102 valence electrons. The second-order valence-corrected chi connectivity index (χ2v) is 4.14. The van der Waals surface area contributed by atoms with Gasteiger partial charge in [-0.05, 0) is 25.0 Å². The van der Waals surface area contributed by atoms with Crippen LogP contribution in [0.2, 0.25) is 0 Å². The summed E-state index contributed by atoms with van der Waals surface area (Å²) in [4.78, 5) is 8.17. The molecule has 0 unspecified atom stereocenters. The molecule has 0 aliphatic carbocycles. The van der Waals surface area contributed by atoms with Gasteiger partial charge in [-0.15, -0.1) is 0 Å². The summed E-state index contributed by atoms with van der Waals surface area (Å²) in [6.07, 6.45) is -3.32. The fraction of sp³-hybridized carbons (Fsp3) is 0.385. The second-order valence-electron chi connectivity index (χ2n) is 4.14. The maximum absolute atomic E-state index is 12.2. The second kappa shape index (κ2) is 5.42. The van der Waals surface area contributed by atoms with Crippen LogP contribution in [-0.2, 0) is 6.42 Å². The van der Waals surface area contributed by atoms with Crippen LogP contribution in [0, 0.1) is 0 Å². The maximum Gasteiger partial charge on any atom is 0.389 e. The van der Waals surface area contributed by atoms with Crippen LogP contribution in [-0.4, -0.2) is 23.3 Å². The molecule has 6 heteroatoms. The minimum Gasteiger partial charge on any atom is -0.496 e. The smallest absolute Gasteiger partial charge is 0.389 e. The van der Waals surface area contributed by atoms with Crippen LogP contribution in [0.15, 0.2) is 24.5 Å². The number of nitrogens with zero attached hydrogens (tertiary/aromatic N) is 2. The molecule has 0 spiro atoms. The SMILES string of the molecule is COc1cccc2ncnc(CCCC(F)(F)F)c12. The van der Waals surface area contributed by atoms with Gasteiger partial charge >= 0.3 is 6.18 Å². The summed E-state index contributed by atoms with van der Waals surface area (Å²) in [5.41, 5.74) is 1.27. The van der Waals surface area contributed by atoms with E-state index in [4.69, 9.17) is 4.74 Å². The molecule has 2 rings (SSSR count). The van der Waals surface area contributed by atoms with Crippen molar-refractivity contribution in [3.8, 4) is 5.75 Å². The average molecular weight is 270 g/mol. The monoisotopic (exact) mass is 270 g/mol. The predicted molar refractivity (Wildman–Crippen MR) is 65.1 cm³/mol. The molecule has 0 saturated heterocycles. The van der Waals surface area contributed by atoms with Crippen molar-refractivity contribution < 1.29 is 17.9 Å². The minimum atomic E-state index is -4.13. The van der Waals surface area contributed by atoms with E-state index < -0.39 is 12.6 Å². The van der Waals surface area contributed by atoms with Crippen LogP contribution in [0.5, 0.6) is 5.75 Å². The molecule has 0 N–H and O–H groups in total. The van der Waals surface area contributed by atoms with Crippen molar-refractivity contribution in [1.82, 2.24) is 9.97 Å². The van der Waals surface area contributed by atoms with Crippen molar-refractivity contribution in [1.29, 1.82) is 0 Å². The lowest BCUT2D eigenvalue weighted by atomic mass is 10.1. The summed E-state index contributed by atoms with van der Waals surface area (Å²) in [6, 6.07) is 5.32. The van der Waals surface area contributed by atoms with Gasteiger partial charge in [0, 0.05) is 6.42 Å². The third-order valence-electron chi connectivity index (χ3n) is 2.80. The van der Waals surface area contributed by atoms with E-state index in [1.165, 1.54) is 13.4 Å². The third-order valence-corrected chi connectivity index (χ3v) is 2.80. The van der Waals surface area contributed by atoms with E-state index in [9.17, 15) is 13.2 Å². The van der Waals surface area contributed by atoms with Crippen molar-refractivity contribution in [2.75, 3.05) is 7.11 Å². The van der Waals surface area contributed by atoms with Gasteiger partial charge in [0.1, 0.15) is 12.1 Å². The molecule has 0 saturated carbocycles. The van der Waals surface area contributed by atoms with Crippen molar-refractivity contribution in [2.24, 2.45) is 0 Å². The molecule has 0 radical (unpaired) electrons. The Hall–Kier alpha value is -1.85. The first kappa shape index (κ1) is 13.6. The van der Waals surface area contributed by atoms with Crippen molar-refractivity contribution in [3.05, 3.63) is 30.2 Å². The summed E-state index contributed by atoms with van der Waals surface area (Å²) in [6.45, 7) is 0. The standard InChI is InChI=1S/C13H13F3N2O/c1-19-11-6-2-4-9-12(11)10(18-8-17-9)5-3-7-13(14,15)16/h2,4,6,8H,3,5,7H2,1H3. The van der Waals surface area contributed by atoms with Gasteiger partial charge in [0.25, 0.3) is 0 Å². The average Bonchev–Trinajstić information content (AvgIpc) is 2.36. The normalized spacial score (nSPS) is 11.8. The number of aromatic nitrogens is 2. The maximum atomic E-state index is 12.2. The van der Waals surface area contributed by atoms with Crippen molar-refractivity contribution >= 4 is 10.9 Å². The zero-order valence-electron chi connectivity index (χ0n) is 10.4. The largest absolute Gasteiger partial charge is 0.496 e. The Morgan fingerprint density at radius 3 is 2.68 bits per heavy atom. The zero-order valence-corrected chi connectivity index (χ0v) is 10.4. The first-order valence-corrected chi connectivity index (χ1v) is 5.84. The van der Waals surface area contributed by atoms with E-state index in [0.717, 1.165) is 0 Å². The summed E-state index contributed by atoms with van der Waals surface area (Å²) < 4.78 is 41.7. The molecule has 2 aromatic rings. The van der Waals surface area contributed by atoms with Crippen molar-refractivity contribution in [3.63, 3.8) is 0 Å². The number of hydrogen-bond acceptors (Lipinski definition) is 3. The van der Waals surface area contributed by atoms with E-state index in [-0.39, 0.29) is 12.8 Å². The number of methoxy groups -OCH3 is 1. The molecule has 0 amide bonds. The van der Waals surface area contributed by atoms with Gasteiger partial charge in [-0.3, -0.25) is 0 Å². The van der Waals surface area contributed by atoms with Gasteiger partial charge in [-0.25, -0.2) is 9.97 Å². The molecule has 0 aliphatic heterocycles. The number of benzene rings is 1. The fourth-order valence-electron chi connectivity index (χ4n) is 1.96. The van der Waals surface area contributed by atoms with E-state index >= 15 is 0 Å². The predicted octanol–water partition coefficient (Wildman–Crippen LogP) is 3.52. The van der Waals surface area contributed by atoms with E-state index in [1.54, 1.807) is 18.2 Å². The highest BCUT2D eigenvalue weighted by Crippen LogP contribution is 2.28. The van der Waals surface area contributed by atoms with Crippen LogP contribution >= 0.6 is 0 Å².